The fraction of sp³-hybridized carbons (Fsp3) is 0.500. The monoisotopic (exact) mass is 277 g/mol. The summed E-state index contributed by atoms with van der Waals surface area (Å²) in [6.07, 6.45) is 3.90. The van der Waals surface area contributed by atoms with Crippen molar-refractivity contribution < 1.29 is 9.72 Å². The van der Waals surface area contributed by atoms with Gasteiger partial charge in [0.2, 0.25) is 0 Å². The normalized spacial score (nSPS) is 22.3. The molecule has 0 heterocycles. The van der Waals surface area contributed by atoms with Crippen LogP contribution in [-0.4, -0.2) is 22.9 Å². The number of carbonyl (C=O) groups excluding carboxylic acids is 1. The molecule has 0 aliphatic heterocycles. The Morgan fingerprint density at radius 1 is 1.40 bits per heavy atom. The lowest BCUT2D eigenvalue weighted by molar-refractivity contribution is -0.384. The Hall–Kier alpha value is -1.95. The van der Waals surface area contributed by atoms with Gasteiger partial charge in [0.25, 0.3) is 11.6 Å². The lowest BCUT2D eigenvalue weighted by Crippen LogP contribution is -2.49. The zero-order chi connectivity index (χ0) is 14.7. The molecule has 1 aromatic rings. The number of rotatable bonds is 3. The highest BCUT2D eigenvalue weighted by Crippen LogP contribution is 2.20. The Morgan fingerprint density at radius 2 is 2.10 bits per heavy atom. The molecule has 0 saturated heterocycles. The van der Waals surface area contributed by atoms with Crippen molar-refractivity contribution in [2.45, 2.75) is 44.7 Å². The molecule has 108 valence electrons. The topological polar surface area (TPSA) is 98.3 Å². The zero-order valence-corrected chi connectivity index (χ0v) is 11.5. The van der Waals surface area contributed by atoms with Crippen LogP contribution in [0.15, 0.2) is 18.2 Å². The van der Waals surface area contributed by atoms with Gasteiger partial charge in [-0.05, 0) is 25.3 Å². The van der Waals surface area contributed by atoms with Crippen LogP contribution >= 0.6 is 0 Å². The number of amides is 1. The van der Waals surface area contributed by atoms with Crippen LogP contribution in [0.3, 0.4) is 0 Å². The first-order chi connectivity index (χ1) is 9.49. The molecule has 3 N–H and O–H groups in total. The van der Waals surface area contributed by atoms with Crippen LogP contribution < -0.4 is 11.1 Å². The number of nitro benzene ring substituents is 1. The van der Waals surface area contributed by atoms with Crippen molar-refractivity contribution in [3.63, 3.8) is 0 Å². The smallest absolute Gasteiger partial charge is 0.270 e. The van der Waals surface area contributed by atoms with Crippen LogP contribution in [0.5, 0.6) is 0 Å². The van der Waals surface area contributed by atoms with Gasteiger partial charge in [-0.3, -0.25) is 14.9 Å². The third kappa shape index (κ3) is 3.14. The quantitative estimate of drug-likeness (QED) is 0.651. The van der Waals surface area contributed by atoms with Crippen molar-refractivity contribution in [2.24, 2.45) is 5.73 Å². The van der Waals surface area contributed by atoms with Gasteiger partial charge < -0.3 is 11.1 Å². The summed E-state index contributed by atoms with van der Waals surface area (Å²) in [4.78, 5) is 22.6. The molecule has 1 aliphatic carbocycles. The Kier molecular flexibility index (Phi) is 4.34. The number of benzene rings is 1. The van der Waals surface area contributed by atoms with Gasteiger partial charge >= 0.3 is 0 Å². The van der Waals surface area contributed by atoms with Gasteiger partial charge in [-0.15, -0.1) is 0 Å². The summed E-state index contributed by atoms with van der Waals surface area (Å²) in [7, 11) is 0. The first-order valence-corrected chi connectivity index (χ1v) is 6.80. The van der Waals surface area contributed by atoms with Gasteiger partial charge in [-0.25, -0.2) is 0 Å². The number of carbonyl (C=O) groups is 1. The molecule has 0 bridgehead atoms. The summed E-state index contributed by atoms with van der Waals surface area (Å²) in [6.45, 7) is 1.76. The van der Waals surface area contributed by atoms with Crippen LogP contribution in [0.1, 0.15) is 41.6 Å². The van der Waals surface area contributed by atoms with E-state index in [1.54, 1.807) is 13.0 Å². The predicted molar refractivity (Wildman–Crippen MR) is 75.5 cm³/mol. The Bertz CT molecular complexity index is 530. The molecule has 6 heteroatoms. The number of hydrogen-bond donors (Lipinski definition) is 2. The second-order valence-corrected chi connectivity index (χ2v) is 5.28. The van der Waals surface area contributed by atoms with E-state index in [4.69, 9.17) is 5.73 Å². The minimum atomic E-state index is -0.497. The molecule has 1 fully saturated rings. The number of non-ortho nitro benzene ring substituents is 1. The van der Waals surface area contributed by atoms with Crippen LogP contribution in [0, 0.1) is 17.0 Å². The van der Waals surface area contributed by atoms with Crippen molar-refractivity contribution in [3.05, 3.63) is 39.4 Å². The van der Waals surface area contributed by atoms with Crippen molar-refractivity contribution in [1.82, 2.24) is 5.32 Å². The van der Waals surface area contributed by atoms with Gasteiger partial charge in [0.1, 0.15) is 0 Å². The maximum Gasteiger partial charge on any atom is 0.270 e. The van der Waals surface area contributed by atoms with E-state index >= 15 is 0 Å². The van der Waals surface area contributed by atoms with Crippen molar-refractivity contribution in [3.8, 4) is 0 Å². The molecule has 1 saturated carbocycles. The van der Waals surface area contributed by atoms with Crippen LogP contribution in [0.4, 0.5) is 5.69 Å². The molecule has 1 aliphatic rings. The molecule has 0 radical (unpaired) electrons. The number of nitrogens with zero attached hydrogens (tertiary/aromatic N) is 1. The van der Waals surface area contributed by atoms with Crippen LogP contribution in [0.25, 0.3) is 0 Å². The van der Waals surface area contributed by atoms with E-state index in [0.717, 1.165) is 31.2 Å². The third-order valence-corrected chi connectivity index (χ3v) is 3.81. The number of aryl methyl sites for hydroxylation is 1. The van der Waals surface area contributed by atoms with E-state index < -0.39 is 4.92 Å². The van der Waals surface area contributed by atoms with E-state index in [9.17, 15) is 14.9 Å². The highest BCUT2D eigenvalue weighted by molar-refractivity contribution is 5.96. The van der Waals surface area contributed by atoms with E-state index in [1.807, 2.05) is 0 Å². The van der Waals surface area contributed by atoms with Crippen molar-refractivity contribution in [1.29, 1.82) is 0 Å². The van der Waals surface area contributed by atoms with Crippen LogP contribution in [0.2, 0.25) is 0 Å². The molecule has 0 spiro atoms. The van der Waals surface area contributed by atoms with Crippen LogP contribution in [-0.2, 0) is 0 Å². The van der Waals surface area contributed by atoms with E-state index in [1.165, 1.54) is 12.1 Å². The lowest BCUT2D eigenvalue weighted by Gasteiger charge is -2.29. The SMILES string of the molecule is Cc1ccc([N+](=O)[O-])cc1C(=O)NC1CCCCC1N. The van der Waals surface area contributed by atoms with Crippen molar-refractivity contribution >= 4 is 11.6 Å². The highest BCUT2D eigenvalue weighted by atomic mass is 16.6. The fourth-order valence-corrected chi connectivity index (χ4v) is 2.55. The third-order valence-electron chi connectivity index (χ3n) is 3.81. The Labute approximate surface area is 117 Å². The maximum absolute atomic E-state index is 12.3. The molecule has 20 heavy (non-hydrogen) atoms. The number of hydrogen-bond acceptors (Lipinski definition) is 4. The van der Waals surface area contributed by atoms with E-state index in [2.05, 4.69) is 5.32 Å². The van der Waals surface area contributed by atoms with Gasteiger partial charge in [-0.1, -0.05) is 18.9 Å². The molecule has 1 amide bonds. The first kappa shape index (κ1) is 14.5. The predicted octanol–water partition coefficient (Wildman–Crippen LogP) is 1.90. The Morgan fingerprint density at radius 3 is 2.75 bits per heavy atom. The Balaban J connectivity index is 2.16. The average Bonchev–Trinajstić information content (AvgIpc) is 2.41. The minimum Gasteiger partial charge on any atom is -0.348 e. The summed E-state index contributed by atoms with van der Waals surface area (Å²) in [6, 6.07) is 4.23. The summed E-state index contributed by atoms with van der Waals surface area (Å²) in [5.74, 6) is -0.284. The lowest BCUT2D eigenvalue weighted by atomic mass is 9.90. The van der Waals surface area contributed by atoms with E-state index in [0.29, 0.717) is 5.56 Å². The summed E-state index contributed by atoms with van der Waals surface area (Å²) < 4.78 is 0. The maximum atomic E-state index is 12.3. The van der Waals surface area contributed by atoms with Gasteiger partial charge in [0.15, 0.2) is 0 Å². The van der Waals surface area contributed by atoms with Crippen molar-refractivity contribution in [2.75, 3.05) is 0 Å². The van der Waals surface area contributed by atoms with Gasteiger partial charge in [0, 0.05) is 29.8 Å². The first-order valence-electron chi connectivity index (χ1n) is 6.80. The minimum absolute atomic E-state index is 0.0355. The largest absolute Gasteiger partial charge is 0.348 e. The standard InChI is InChI=1S/C14H19N3O3/c1-9-6-7-10(17(19)20)8-11(9)14(18)16-13-5-3-2-4-12(13)15/h6-8,12-13H,2-5,15H2,1H3,(H,16,18). The molecular formula is C14H19N3O3. The molecule has 2 unspecified atom stereocenters. The zero-order valence-electron chi connectivity index (χ0n) is 11.5. The highest BCUT2D eigenvalue weighted by Gasteiger charge is 2.24. The average molecular weight is 277 g/mol. The summed E-state index contributed by atoms with van der Waals surface area (Å²) >= 11 is 0. The van der Waals surface area contributed by atoms with E-state index in [-0.39, 0.29) is 23.7 Å². The molecule has 1 aromatic carbocycles. The number of nitrogens with one attached hydrogen (secondary N) is 1. The molecule has 6 nitrogen and oxygen atoms in total. The number of nitrogens with two attached hydrogens (primary N) is 1. The molecule has 2 atom stereocenters. The van der Waals surface area contributed by atoms with Gasteiger partial charge in [0.05, 0.1) is 4.92 Å². The second-order valence-electron chi connectivity index (χ2n) is 5.28. The summed E-state index contributed by atoms with van der Waals surface area (Å²) in [5.41, 5.74) is 6.99. The summed E-state index contributed by atoms with van der Waals surface area (Å²) in [5, 5.41) is 13.7. The molecule has 2 rings (SSSR count). The molecular weight excluding hydrogens is 258 g/mol. The number of nitro groups is 1. The second kappa shape index (κ2) is 6.00. The van der Waals surface area contributed by atoms with Gasteiger partial charge in [-0.2, -0.15) is 0 Å². The fourth-order valence-electron chi connectivity index (χ4n) is 2.55. The molecule has 0 aromatic heterocycles.